The zero-order chi connectivity index (χ0) is 10.6. The summed E-state index contributed by atoms with van der Waals surface area (Å²) in [6.45, 7) is 1.08. The van der Waals surface area contributed by atoms with Crippen LogP contribution in [0.2, 0.25) is 0 Å². The van der Waals surface area contributed by atoms with Crippen LogP contribution in [0.5, 0.6) is 0 Å². The summed E-state index contributed by atoms with van der Waals surface area (Å²) in [5.74, 6) is -0.0421. The Balaban J connectivity index is 2.65. The molecule has 0 aliphatic carbocycles. The lowest BCUT2D eigenvalue weighted by molar-refractivity contribution is 0.161. The van der Waals surface area contributed by atoms with Gasteiger partial charge in [0, 0.05) is 4.90 Å². The average Bonchev–Trinajstić information content (AvgIpc) is 2.18. The molecule has 1 N–H and O–H groups in total. The van der Waals surface area contributed by atoms with Crippen molar-refractivity contribution in [2.75, 3.05) is 12.4 Å². The van der Waals surface area contributed by atoms with E-state index in [1.165, 1.54) is 0 Å². The van der Waals surface area contributed by atoms with Gasteiger partial charge >= 0.3 is 0 Å². The lowest BCUT2D eigenvalue weighted by Gasteiger charge is -2.05. The molecule has 1 aromatic rings. The number of benzene rings is 1. The summed E-state index contributed by atoms with van der Waals surface area (Å²) in [4.78, 5) is 0.628. The Hall–Kier alpha value is -0.740. The number of hydrogen-bond acceptors (Lipinski definition) is 2. The van der Waals surface area contributed by atoms with E-state index < -0.39 is 23.6 Å². The molecule has 0 radical (unpaired) electrons. The van der Waals surface area contributed by atoms with E-state index in [1.807, 2.05) is 19.1 Å². The van der Waals surface area contributed by atoms with Gasteiger partial charge in [0.2, 0.25) is 0 Å². The molecule has 0 heterocycles. The maximum Gasteiger partial charge on any atom is 0.116 e. The Morgan fingerprint density at radius 2 is 2.00 bits per heavy atom. The predicted molar refractivity (Wildman–Crippen MR) is 54.4 cm³/mol. The van der Waals surface area contributed by atoms with Gasteiger partial charge < -0.3 is 5.11 Å². The SMILES string of the molecule is Cc1ccc([S@@](=O)C[C@H](O)CF)cc1. The summed E-state index contributed by atoms with van der Waals surface area (Å²) in [5.41, 5.74) is 1.08. The molecular formula is C10H13FO2S. The Morgan fingerprint density at radius 3 is 2.50 bits per heavy atom. The van der Waals surface area contributed by atoms with Crippen LogP contribution in [0, 0.1) is 6.92 Å². The summed E-state index contributed by atoms with van der Waals surface area (Å²) >= 11 is 0. The first-order chi connectivity index (χ1) is 6.63. The number of aliphatic hydroxyl groups is 1. The van der Waals surface area contributed by atoms with Crippen LogP contribution in [-0.4, -0.2) is 27.8 Å². The van der Waals surface area contributed by atoms with E-state index in [0.29, 0.717) is 4.90 Å². The van der Waals surface area contributed by atoms with E-state index in [2.05, 4.69) is 0 Å². The molecule has 0 spiro atoms. The largest absolute Gasteiger partial charge is 0.389 e. The van der Waals surface area contributed by atoms with Gasteiger partial charge in [-0.1, -0.05) is 17.7 Å². The van der Waals surface area contributed by atoms with Gasteiger partial charge in [-0.15, -0.1) is 0 Å². The number of halogens is 1. The van der Waals surface area contributed by atoms with Crippen LogP contribution in [0.15, 0.2) is 29.2 Å². The van der Waals surface area contributed by atoms with Crippen LogP contribution < -0.4 is 0 Å². The molecule has 78 valence electrons. The number of aliphatic hydroxyl groups excluding tert-OH is 1. The molecule has 0 saturated carbocycles. The van der Waals surface area contributed by atoms with Gasteiger partial charge in [0.15, 0.2) is 0 Å². The molecular weight excluding hydrogens is 203 g/mol. The molecule has 4 heteroatoms. The number of aryl methyl sites for hydroxylation is 1. The topological polar surface area (TPSA) is 37.3 Å². The molecule has 1 rings (SSSR count). The fourth-order valence-corrected chi connectivity index (χ4v) is 2.08. The normalized spacial score (nSPS) is 15.1. The van der Waals surface area contributed by atoms with Crippen molar-refractivity contribution in [3.05, 3.63) is 29.8 Å². The van der Waals surface area contributed by atoms with Crippen molar-refractivity contribution in [2.24, 2.45) is 0 Å². The Bertz CT molecular complexity index is 310. The van der Waals surface area contributed by atoms with Crippen LogP contribution in [0.3, 0.4) is 0 Å². The highest BCUT2D eigenvalue weighted by Gasteiger charge is 2.10. The molecule has 2 nitrogen and oxygen atoms in total. The Morgan fingerprint density at radius 1 is 1.43 bits per heavy atom. The van der Waals surface area contributed by atoms with E-state index >= 15 is 0 Å². The second kappa shape index (κ2) is 5.22. The predicted octanol–water partition coefficient (Wildman–Crippen LogP) is 1.43. The first-order valence-corrected chi connectivity index (χ1v) is 5.64. The van der Waals surface area contributed by atoms with Crippen molar-refractivity contribution in [3.8, 4) is 0 Å². The molecule has 0 aromatic heterocycles. The molecule has 0 saturated heterocycles. The molecule has 0 aliphatic heterocycles. The van der Waals surface area contributed by atoms with E-state index in [9.17, 15) is 8.60 Å². The van der Waals surface area contributed by atoms with Crippen LogP contribution in [0.25, 0.3) is 0 Å². The quantitative estimate of drug-likeness (QED) is 0.826. The first-order valence-electron chi connectivity index (χ1n) is 4.32. The zero-order valence-corrected chi connectivity index (χ0v) is 8.76. The second-order valence-electron chi connectivity index (χ2n) is 3.13. The number of rotatable bonds is 4. The van der Waals surface area contributed by atoms with Crippen molar-refractivity contribution in [1.29, 1.82) is 0 Å². The second-order valence-corrected chi connectivity index (χ2v) is 4.63. The summed E-state index contributed by atoms with van der Waals surface area (Å²) < 4.78 is 23.5. The Kier molecular flexibility index (Phi) is 4.22. The van der Waals surface area contributed by atoms with Crippen LogP contribution >= 0.6 is 0 Å². The van der Waals surface area contributed by atoms with Gasteiger partial charge in [-0.25, -0.2) is 4.39 Å². The van der Waals surface area contributed by atoms with Gasteiger partial charge in [0.05, 0.1) is 22.7 Å². The average molecular weight is 216 g/mol. The lowest BCUT2D eigenvalue weighted by Crippen LogP contribution is -2.18. The summed E-state index contributed by atoms with van der Waals surface area (Å²) in [6, 6.07) is 7.15. The summed E-state index contributed by atoms with van der Waals surface area (Å²) in [6.07, 6.45) is -1.13. The molecule has 2 atom stereocenters. The van der Waals surface area contributed by atoms with E-state index in [-0.39, 0.29) is 5.75 Å². The van der Waals surface area contributed by atoms with Crippen molar-refractivity contribution in [3.63, 3.8) is 0 Å². The fourth-order valence-electron chi connectivity index (χ4n) is 1.01. The molecule has 0 fully saturated rings. The van der Waals surface area contributed by atoms with Crippen LogP contribution in [0.1, 0.15) is 5.56 Å². The molecule has 14 heavy (non-hydrogen) atoms. The maximum absolute atomic E-state index is 11.9. The van der Waals surface area contributed by atoms with Crippen molar-refractivity contribution >= 4 is 10.8 Å². The lowest BCUT2D eigenvalue weighted by atomic mass is 10.2. The standard InChI is InChI=1S/C10H13FO2S/c1-8-2-4-10(5-3-8)14(13)7-9(12)6-11/h2-5,9,12H,6-7H2,1H3/t9-,14+/m1/s1. The monoisotopic (exact) mass is 216 g/mol. The van der Waals surface area contributed by atoms with Crippen LogP contribution in [-0.2, 0) is 10.8 Å². The summed E-state index contributed by atoms with van der Waals surface area (Å²) in [7, 11) is -1.31. The molecule has 0 bridgehead atoms. The third-order valence-electron chi connectivity index (χ3n) is 1.81. The minimum atomic E-state index is -1.31. The first kappa shape index (κ1) is 11.3. The Labute approximate surface area is 85.2 Å². The maximum atomic E-state index is 11.9. The van der Waals surface area contributed by atoms with Crippen molar-refractivity contribution in [1.82, 2.24) is 0 Å². The van der Waals surface area contributed by atoms with Gasteiger partial charge in [-0.2, -0.15) is 0 Å². The molecule has 0 unspecified atom stereocenters. The smallest absolute Gasteiger partial charge is 0.116 e. The highest BCUT2D eigenvalue weighted by atomic mass is 32.2. The van der Waals surface area contributed by atoms with Crippen molar-refractivity contribution in [2.45, 2.75) is 17.9 Å². The zero-order valence-electron chi connectivity index (χ0n) is 7.94. The number of alkyl halides is 1. The van der Waals surface area contributed by atoms with E-state index in [1.54, 1.807) is 12.1 Å². The number of hydrogen-bond donors (Lipinski definition) is 1. The summed E-state index contributed by atoms with van der Waals surface area (Å²) in [5, 5.41) is 8.98. The van der Waals surface area contributed by atoms with Gasteiger partial charge in [-0.05, 0) is 19.1 Å². The van der Waals surface area contributed by atoms with Crippen molar-refractivity contribution < 1.29 is 13.7 Å². The van der Waals surface area contributed by atoms with Crippen LogP contribution in [0.4, 0.5) is 4.39 Å². The fraction of sp³-hybridized carbons (Fsp3) is 0.400. The van der Waals surface area contributed by atoms with E-state index in [4.69, 9.17) is 5.11 Å². The highest BCUT2D eigenvalue weighted by Crippen LogP contribution is 2.09. The van der Waals surface area contributed by atoms with Gasteiger partial charge in [-0.3, -0.25) is 4.21 Å². The third kappa shape index (κ3) is 3.20. The molecule has 1 aromatic carbocycles. The highest BCUT2D eigenvalue weighted by molar-refractivity contribution is 7.85. The minimum Gasteiger partial charge on any atom is -0.389 e. The molecule has 0 aliphatic rings. The van der Waals surface area contributed by atoms with Gasteiger partial charge in [0.25, 0.3) is 0 Å². The van der Waals surface area contributed by atoms with Gasteiger partial charge in [0.1, 0.15) is 6.67 Å². The third-order valence-corrected chi connectivity index (χ3v) is 3.29. The minimum absolute atomic E-state index is 0.0421. The van der Waals surface area contributed by atoms with E-state index in [0.717, 1.165) is 5.56 Å². The molecule has 0 amide bonds.